The summed E-state index contributed by atoms with van der Waals surface area (Å²) in [6.45, 7) is 5.15. The maximum absolute atomic E-state index is 5.70. The van der Waals surface area contributed by atoms with Gasteiger partial charge >= 0.3 is 0 Å². The topological polar surface area (TPSA) is 48.1 Å². The van der Waals surface area contributed by atoms with Crippen LogP contribution in [0, 0.1) is 5.92 Å². The lowest BCUT2D eigenvalue weighted by molar-refractivity contribution is 0.226. The van der Waals surface area contributed by atoms with E-state index in [1.165, 1.54) is 19.3 Å². The van der Waals surface area contributed by atoms with Crippen LogP contribution in [0.25, 0.3) is 0 Å². The molecule has 1 heterocycles. The molecule has 1 aromatic heterocycles. The van der Waals surface area contributed by atoms with Gasteiger partial charge in [-0.2, -0.15) is 0 Å². The number of hydrogen-bond acceptors (Lipinski definition) is 3. The Bertz CT molecular complexity index is 365. The maximum atomic E-state index is 5.70. The standard InChI is InChI=1S/C14H22N2OS/c1-3-5-6-11(4-2)10-17-13-8-7-12(9-16-13)14(15)18/h7-9,11H,3-6,10H2,1-2H3,(H2,15,18). The molecule has 0 aromatic carbocycles. The molecule has 0 fully saturated rings. The van der Waals surface area contributed by atoms with E-state index >= 15 is 0 Å². The van der Waals surface area contributed by atoms with Crippen LogP contribution in [0.1, 0.15) is 45.1 Å². The van der Waals surface area contributed by atoms with E-state index in [0.717, 1.165) is 18.6 Å². The van der Waals surface area contributed by atoms with E-state index in [4.69, 9.17) is 22.7 Å². The maximum Gasteiger partial charge on any atom is 0.213 e. The normalized spacial score (nSPS) is 12.1. The van der Waals surface area contributed by atoms with Crippen LogP contribution in [-0.2, 0) is 0 Å². The smallest absolute Gasteiger partial charge is 0.213 e. The molecule has 1 aromatic rings. The van der Waals surface area contributed by atoms with E-state index in [1.54, 1.807) is 6.20 Å². The zero-order valence-electron chi connectivity index (χ0n) is 11.2. The van der Waals surface area contributed by atoms with Crippen LogP contribution < -0.4 is 10.5 Å². The largest absolute Gasteiger partial charge is 0.477 e. The predicted molar refractivity (Wildman–Crippen MR) is 78.9 cm³/mol. The number of rotatable bonds is 8. The Morgan fingerprint density at radius 3 is 2.72 bits per heavy atom. The highest BCUT2D eigenvalue weighted by Gasteiger charge is 2.07. The molecule has 0 saturated carbocycles. The van der Waals surface area contributed by atoms with Crippen molar-refractivity contribution in [1.82, 2.24) is 4.98 Å². The molecular formula is C14H22N2OS. The van der Waals surface area contributed by atoms with E-state index in [0.29, 0.717) is 16.8 Å². The monoisotopic (exact) mass is 266 g/mol. The van der Waals surface area contributed by atoms with Gasteiger partial charge in [0.25, 0.3) is 0 Å². The van der Waals surface area contributed by atoms with Crippen LogP contribution in [0.2, 0.25) is 0 Å². The van der Waals surface area contributed by atoms with Gasteiger partial charge in [-0.3, -0.25) is 0 Å². The molecule has 2 N–H and O–H groups in total. The SMILES string of the molecule is CCCCC(CC)COc1ccc(C(N)=S)cn1. The second kappa shape index (κ2) is 8.03. The first-order valence-electron chi connectivity index (χ1n) is 6.56. The van der Waals surface area contributed by atoms with Gasteiger partial charge in [-0.05, 0) is 18.4 Å². The molecule has 0 aliphatic rings. The second-order valence-electron chi connectivity index (χ2n) is 4.48. The lowest BCUT2D eigenvalue weighted by atomic mass is 10.0. The van der Waals surface area contributed by atoms with Crippen molar-refractivity contribution >= 4 is 17.2 Å². The minimum absolute atomic E-state index is 0.364. The highest BCUT2D eigenvalue weighted by atomic mass is 32.1. The number of pyridine rings is 1. The summed E-state index contributed by atoms with van der Waals surface area (Å²) in [5.41, 5.74) is 6.29. The molecule has 0 radical (unpaired) electrons. The third-order valence-electron chi connectivity index (χ3n) is 3.03. The van der Waals surface area contributed by atoms with Crippen molar-refractivity contribution < 1.29 is 4.74 Å². The van der Waals surface area contributed by atoms with Gasteiger partial charge in [-0.25, -0.2) is 4.98 Å². The van der Waals surface area contributed by atoms with Gasteiger partial charge in [0, 0.05) is 17.8 Å². The first-order chi connectivity index (χ1) is 8.67. The third-order valence-corrected chi connectivity index (χ3v) is 3.27. The Hall–Kier alpha value is -1.16. The molecule has 4 heteroatoms. The molecule has 0 aliphatic carbocycles. The Morgan fingerprint density at radius 1 is 1.44 bits per heavy atom. The summed E-state index contributed by atoms with van der Waals surface area (Å²) in [5.74, 6) is 1.26. The molecule has 1 atom stereocenters. The van der Waals surface area contributed by atoms with E-state index in [-0.39, 0.29) is 0 Å². The van der Waals surface area contributed by atoms with Crippen molar-refractivity contribution in [2.24, 2.45) is 11.7 Å². The summed E-state index contributed by atoms with van der Waals surface area (Å²) < 4.78 is 5.70. The van der Waals surface area contributed by atoms with Crippen LogP contribution in [0.15, 0.2) is 18.3 Å². The van der Waals surface area contributed by atoms with Crippen molar-refractivity contribution in [1.29, 1.82) is 0 Å². The number of nitrogens with zero attached hydrogens (tertiary/aromatic N) is 1. The number of ether oxygens (including phenoxy) is 1. The fourth-order valence-electron chi connectivity index (χ4n) is 1.71. The van der Waals surface area contributed by atoms with Gasteiger partial charge in [-0.1, -0.05) is 45.3 Å². The fourth-order valence-corrected chi connectivity index (χ4v) is 1.83. The molecule has 0 amide bonds. The molecule has 1 rings (SSSR count). The van der Waals surface area contributed by atoms with Crippen LogP contribution >= 0.6 is 12.2 Å². The first-order valence-corrected chi connectivity index (χ1v) is 6.96. The Morgan fingerprint density at radius 2 is 2.22 bits per heavy atom. The fraction of sp³-hybridized carbons (Fsp3) is 0.571. The lowest BCUT2D eigenvalue weighted by Gasteiger charge is -2.15. The minimum Gasteiger partial charge on any atom is -0.477 e. The average molecular weight is 266 g/mol. The summed E-state index contributed by atoms with van der Waals surface area (Å²) in [4.78, 5) is 4.56. The Labute approximate surface area is 115 Å². The van der Waals surface area contributed by atoms with Crippen LogP contribution in [0.3, 0.4) is 0 Å². The molecule has 0 saturated heterocycles. The molecular weight excluding hydrogens is 244 g/mol. The third kappa shape index (κ3) is 5.00. The number of hydrogen-bond donors (Lipinski definition) is 1. The first kappa shape index (κ1) is 14.9. The quantitative estimate of drug-likeness (QED) is 0.733. The summed E-state index contributed by atoms with van der Waals surface area (Å²) in [5, 5.41) is 0. The van der Waals surface area contributed by atoms with Crippen LogP contribution in [-0.4, -0.2) is 16.6 Å². The second-order valence-corrected chi connectivity index (χ2v) is 4.92. The predicted octanol–water partition coefficient (Wildman–Crippen LogP) is 3.31. The van der Waals surface area contributed by atoms with Crippen LogP contribution in [0.5, 0.6) is 5.88 Å². The molecule has 100 valence electrons. The molecule has 3 nitrogen and oxygen atoms in total. The van der Waals surface area contributed by atoms with Crippen molar-refractivity contribution in [3.63, 3.8) is 0 Å². The van der Waals surface area contributed by atoms with Crippen molar-refractivity contribution in [2.75, 3.05) is 6.61 Å². The van der Waals surface area contributed by atoms with E-state index in [9.17, 15) is 0 Å². The zero-order chi connectivity index (χ0) is 13.4. The van der Waals surface area contributed by atoms with E-state index < -0.39 is 0 Å². The number of aromatic nitrogens is 1. The molecule has 18 heavy (non-hydrogen) atoms. The minimum atomic E-state index is 0.364. The van der Waals surface area contributed by atoms with Gasteiger partial charge in [0.15, 0.2) is 0 Å². The lowest BCUT2D eigenvalue weighted by Crippen LogP contribution is -2.13. The number of unbranched alkanes of at least 4 members (excludes halogenated alkanes) is 1. The van der Waals surface area contributed by atoms with Gasteiger partial charge in [0.2, 0.25) is 5.88 Å². The molecule has 0 bridgehead atoms. The molecule has 0 aliphatic heterocycles. The number of nitrogens with two attached hydrogens (primary N) is 1. The Balaban J connectivity index is 2.44. The van der Waals surface area contributed by atoms with Crippen LogP contribution in [0.4, 0.5) is 0 Å². The molecule has 0 spiro atoms. The highest BCUT2D eigenvalue weighted by molar-refractivity contribution is 7.80. The Kier molecular flexibility index (Phi) is 6.65. The molecule has 1 unspecified atom stereocenters. The average Bonchev–Trinajstić information content (AvgIpc) is 2.39. The summed E-state index contributed by atoms with van der Waals surface area (Å²) in [6, 6.07) is 3.67. The highest BCUT2D eigenvalue weighted by Crippen LogP contribution is 2.15. The van der Waals surface area contributed by atoms with E-state index in [1.807, 2.05) is 12.1 Å². The summed E-state index contributed by atoms with van der Waals surface area (Å²) in [6.07, 6.45) is 6.51. The van der Waals surface area contributed by atoms with E-state index in [2.05, 4.69) is 18.8 Å². The van der Waals surface area contributed by atoms with Crippen molar-refractivity contribution in [3.05, 3.63) is 23.9 Å². The summed E-state index contributed by atoms with van der Waals surface area (Å²) >= 11 is 4.88. The number of thiocarbonyl (C=S) groups is 1. The van der Waals surface area contributed by atoms with Crippen molar-refractivity contribution in [3.8, 4) is 5.88 Å². The van der Waals surface area contributed by atoms with Gasteiger partial charge < -0.3 is 10.5 Å². The van der Waals surface area contributed by atoms with Crippen molar-refractivity contribution in [2.45, 2.75) is 39.5 Å². The van der Waals surface area contributed by atoms with Gasteiger partial charge in [0.1, 0.15) is 4.99 Å². The van der Waals surface area contributed by atoms with Gasteiger partial charge in [-0.15, -0.1) is 0 Å². The zero-order valence-corrected chi connectivity index (χ0v) is 12.0. The van der Waals surface area contributed by atoms with Gasteiger partial charge in [0.05, 0.1) is 6.61 Å². The summed E-state index contributed by atoms with van der Waals surface area (Å²) in [7, 11) is 0.